The molecule has 3 rings (SSSR count). The largest absolute Gasteiger partial charge is 0.460 e. The van der Waals surface area contributed by atoms with Gasteiger partial charge in [-0.25, -0.2) is 5.84 Å². The standard InChI is InChI=1S/C11H18N6O/c12-16-9-13-10(17-6-1-2-7-17)15-11(14-9)18-8-4-3-5-8/h8H,1-7,12H2,(H,13,14,15,16). The van der Waals surface area contributed by atoms with Gasteiger partial charge in [-0.1, -0.05) is 0 Å². The van der Waals surface area contributed by atoms with Gasteiger partial charge in [0.15, 0.2) is 0 Å². The molecule has 2 heterocycles. The summed E-state index contributed by atoms with van der Waals surface area (Å²) < 4.78 is 5.71. The number of nitrogens with one attached hydrogen (secondary N) is 1. The van der Waals surface area contributed by atoms with Gasteiger partial charge in [-0.05, 0) is 32.1 Å². The lowest BCUT2D eigenvalue weighted by molar-refractivity contribution is 0.108. The third-order valence-corrected chi connectivity index (χ3v) is 3.45. The molecule has 0 bridgehead atoms. The smallest absolute Gasteiger partial charge is 0.323 e. The molecule has 2 fully saturated rings. The summed E-state index contributed by atoms with van der Waals surface area (Å²) in [6, 6.07) is 0.379. The maximum Gasteiger partial charge on any atom is 0.323 e. The van der Waals surface area contributed by atoms with Crippen LogP contribution in [0.15, 0.2) is 0 Å². The molecule has 0 radical (unpaired) electrons. The Bertz CT molecular complexity index is 416. The minimum Gasteiger partial charge on any atom is -0.460 e. The van der Waals surface area contributed by atoms with Gasteiger partial charge in [0, 0.05) is 13.1 Å². The van der Waals surface area contributed by atoms with Crippen molar-refractivity contribution in [2.75, 3.05) is 23.4 Å². The second kappa shape index (κ2) is 4.93. The molecule has 0 unspecified atom stereocenters. The van der Waals surface area contributed by atoms with Crippen LogP contribution in [-0.2, 0) is 0 Å². The number of nitrogens with two attached hydrogens (primary N) is 1. The van der Waals surface area contributed by atoms with E-state index >= 15 is 0 Å². The van der Waals surface area contributed by atoms with Crippen LogP contribution >= 0.6 is 0 Å². The first-order valence-corrected chi connectivity index (χ1v) is 6.49. The van der Waals surface area contributed by atoms with Crippen LogP contribution in [0, 0.1) is 0 Å². The molecule has 7 heteroatoms. The van der Waals surface area contributed by atoms with E-state index in [2.05, 4.69) is 25.3 Å². The lowest BCUT2D eigenvalue weighted by Crippen LogP contribution is -2.27. The molecule has 98 valence electrons. The van der Waals surface area contributed by atoms with Crippen molar-refractivity contribution in [1.29, 1.82) is 0 Å². The second-order valence-corrected chi connectivity index (χ2v) is 4.75. The molecule has 1 aliphatic heterocycles. The topological polar surface area (TPSA) is 89.2 Å². The highest BCUT2D eigenvalue weighted by molar-refractivity contribution is 5.38. The minimum absolute atomic E-state index is 0.254. The van der Waals surface area contributed by atoms with E-state index in [4.69, 9.17) is 10.6 Å². The van der Waals surface area contributed by atoms with Gasteiger partial charge in [-0.2, -0.15) is 15.0 Å². The van der Waals surface area contributed by atoms with Gasteiger partial charge in [0.2, 0.25) is 11.9 Å². The summed E-state index contributed by atoms with van der Waals surface area (Å²) in [5.41, 5.74) is 2.47. The molecule has 18 heavy (non-hydrogen) atoms. The summed E-state index contributed by atoms with van der Waals surface area (Å²) >= 11 is 0. The summed E-state index contributed by atoms with van der Waals surface area (Å²) in [4.78, 5) is 14.9. The zero-order valence-electron chi connectivity index (χ0n) is 10.3. The average molecular weight is 250 g/mol. The first kappa shape index (κ1) is 11.5. The van der Waals surface area contributed by atoms with E-state index in [1.807, 2.05) is 0 Å². The first-order valence-electron chi connectivity index (χ1n) is 6.49. The fourth-order valence-corrected chi connectivity index (χ4v) is 2.16. The molecule has 3 N–H and O–H groups in total. The predicted molar refractivity (Wildman–Crippen MR) is 67.4 cm³/mol. The molecule has 2 aliphatic rings. The van der Waals surface area contributed by atoms with Gasteiger partial charge in [-0.15, -0.1) is 0 Å². The van der Waals surface area contributed by atoms with Gasteiger partial charge >= 0.3 is 6.01 Å². The lowest BCUT2D eigenvalue weighted by atomic mass is 9.96. The fourth-order valence-electron chi connectivity index (χ4n) is 2.16. The molecule has 1 saturated carbocycles. The molecule has 0 spiro atoms. The van der Waals surface area contributed by atoms with Crippen molar-refractivity contribution in [2.45, 2.75) is 38.2 Å². The van der Waals surface area contributed by atoms with Crippen molar-refractivity contribution >= 4 is 11.9 Å². The molecule has 7 nitrogen and oxygen atoms in total. The average Bonchev–Trinajstić information content (AvgIpc) is 2.87. The molecule has 1 aromatic rings. The predicted octanol–water partition coefficient (Wildman–Crippen LogP) is 0.689. The van der Waals surface area contributed by atoms with E-state index < -0.39 is 0 Å². The second-order valence-electron chi connectivity index (χ2n) is 4.75. The number of nitrogens with zero attached hydrogens (tertiary/aromatic N) is 4. The minimum atomic E-state index is 0.254. The van der Waals surface area contributed by atoms with Crippen LogP contribution in [0.2, 0.25) is 0 Å². The third-order valence-electron chi connectivity index (χ3n) is 3.45. The van der Waals surface area contributed by atoms with E-state index in [1.165, 1.54) is 19.3 Å². The quantitative estimate of drug-likeness (QED) is 0.600. The summed E-state index contributed by atoms with van der Waals surface area (Å²) in [5, 5.41) is 0. The van der Waals surface area contributed by atoms with Gasteiger partial charge in [0.1, 0.15) is 6.10 Å². The molecular weight excluding hydrogens is 232 g/mol. The molecule has 0 amide bonds. The number of ether oxygens (including phenoxy) is 1. The van der Waals surface area contributed by atoms with Crippen LogP contribution in [0.3, 0.4) is 0 Å². The Kier molecular flexibility index (Phi) is 3.14. The maximum atomic E-state index is 5.71. The highest BCUT2D eigenvalue weighted by atomic mass is 16.5. The van der Waals surface area contributed by atoms with E-state index in [-0.39, 0.29) is 6.10 Å². The summed E-state index contributed by atoms with van der Waals surface area (Å²) in [5.74, 6) is 6.41. The summed E-state index contributed by atoms with van der Waals surface area (Å²) in [6.45, 7) is 1.97. The number of hydrazine groups is 1. The van der Waals surface area contributed by atoms with Gasteiger partial charge in [0.05, 0.1) is 0 Å². The third kappa shape index (κ3) is 2.31. The first-order chi connectivity index (χ1) is 8.85. The molecule has 1 aliphatic carbocycles. The Morgan fingerprint density at radius 3 is 2.50 bits per heavy atom. The van der Waals surface area contributed by atoms with Crippen molar-refractivity contribution in [3.63, 3.8) is 0 Å². The van der Waals surface area contributed by atoms with Crippen LogP contribution in [0.25, 0.3) is 0 Å². The Hall–Kier alpha value is -1.63. The van der Waals surface area contributed by atoms with Gasteiger partial charge in [-0.3, -0.25) is 5.43 Å². The Morgan fingerprint density at radius 2 is 1.89 bits per heavy atom. The summed E-state index contributed by atoms with van der Waals surface area (Å²) in [7, 11) is 0. The van der Waals surface area contributed by atoms with E-state index in [0.29, 0.717) is 17.9 Å². The monoisotopic (exact) mass is 250 g/mol. The van der Waals surface area contributed by atoms with Gasteiger partial charge in [0.25, 0.3) is 0 Å². The van der Waals surface area contributed by atoms with Crippen LogP contribution < -0.4 is 20.9 Å². The fraction of sp³-hybridized carbons (Fsp3) is 0.727. The Labute approximate surface area is 106 Å². The number of hydrogen-bond acceptors (Lipinski definition) is 7. The molecular formula is C11H18N6O. The number of anilines is 2. The maximum absolute atomic E-state index is 5.71. The molecule has 1 aromatic heterocycles. The number of rotatable bonds is 4. The van der Waals surface area contributed by atoms with Crippen LogP contribution in [0.1, 0.15) is 32.1 Å². The van der Waals surface area contributed by atoms with Crippen molar-refractivity contribution in [2.24, 2.45) is 5.84 Å². The summed E-state index contributed by atoms with van der Waals surface area (Å²) in [6.07, 6.45) is 5.99. The van der Waals surface area contributed by atoms with Crippen LogP contribution in [-0.4, -0.2) is 34.1 Å². The number of nitrogen functional groups attached to an aromatic ring is 1. The number of hydrogen-bond donors (Lipinski definition) is 2. The lowest BCUT2D eigenvalue weighted by Gasteiger charge is -2.25. The molecule has 1 saturated heterocycles. The van der Waals surface area contributed by atoms with Crippen LogP contribution in [0.5, 0.6) is 6.01 Å². The Morgan fingerprint density at radius 1 is 1.11 bits per heavy atom. The Balaban J connectivity index is 1.80. The van der Waals surface area contributed by atoms with E-state index in [1.54, 1.807) is 0 Å². The van der Waals surface area contributed by atoms with E-state index in [0.717, 1.165) is 25.9 Å². The van der Waals surface area contributed by atoms with Crippen molar-refractivity contribution in [1.82, 2.24) is 15.0 Å². The van der Waals surface area contributed by atoms with Crippen LogP contribution in [0.4, 0.5) is 11.9 Å². The zero-order chi connectivity index (χ0) is 12.4. The number of aromatic nitrogens is 3. The SMILES string of the molecule is NNc1nc(OC2CCC2)nc(N2CCCC2)n1. The van der Waals surface area contributed by atoms with Crippen molar-refractivity contribution in [3.05, 3.63) is 0 Å². The van der Waals surface area contributed by atoms with E-state index in [9.17, 15) is 0 Å². The highest BCUT2D eigenvalue weighted by Gasteiger charge is 2.22. The zero-order valence-corrected chi connectivity index (χ0v) is 10.3. The molecule has 0 atom stereocenters. The van der Waals surface area contributed by atoms with Crippen molar-refractivity contribution < 1.29 is 4.74 Å². The van der Waals surface area contributed by atoms with Crippen molar-refractivity contribution in [3.8, 4) is 6.01 Å². The normalized spacial score (nSPS) is 19.7. The highest BCUT2D eigenvalue weighted by Crippen LogP contribution is 2.25. The van der Waals surface area contributed by atoms with Gasteiger partial charge < -0.3 is 9.64 Å². The molecule has 0 aromatic carbocycles.